The van der Waals surface area contributed by atoms with Crippen LogP contribution in [0.1, 0.15) is 18.4 Å². The quantitative estimate of drug-likeness (QED) is 0.658. The molecule has 0 saturated carbocycles. The third kappa shape index (κ3) is 6.04. The maximum absolute atomic E-state index is 12.6. The van der Waals surface area contributed by atoms with E-state index in [4.69, 9.17) is 38.4 Å². The minimum Gasteiger partial charge on any atom is -0.492 e. The topological polar surface area (TPSA) is 76.8 Å². The van der Waals surface area contributed by atoms with Crippen molar-refractivity contribution in [1.82, 2.24) is 10.2 Å². The average molecular weight is 464 g/mol. The number of hydrogen-bond acceptors (Lipinski definition) is 5. The molecule has 2 aliphatic rings. The molecule has 8 heteroatoms. The van der Waals surface area contributed by atoms with Crippen LogP contribution >= 0.6 is 23.2 Å². The average Bonchev–Trinajstić information content (AvgIpc) is 3.18. The van der Waals surface area contributed by atoms with Crippen molar-refractivity contribution in [3.63, 3.8) is 0 Å². The number of fused-ring (bicyclic) bond motifs is 1. The first-order valence-corrected chi connectivity index (χ1v) is 11.3. The molecular weight excluding hydrogens is 437 g/mol. The molecule has 2 aliphatic heterocycles. The summed E-state index contributed by atoms with van der Waals surface area (Å²) < 4.78 is 11.5. The van der Waals surface area contributed by atoms with Crippen LogP contribution in [0.25, 0.3) is 0 Å². The van der Waals surface area contributed by atoms with Crippen molar-refractivity contribution in [2.45, 2.75) is 37.5 Å². The first kappa shape index (κ1) is 22.2. The van der Waals surface area contributed by atoms with E-state index in [-0.39, 0.29) is 18.0 Å². The lowest BCUT2D eigenvalue weighted by Gasteiger charge is -2.34. The van der Waals surface area contributed by atoms with Gasteiger partial charge in [0.1, 0.15) is 18.1 Å². The highest BCUT2D eigenvalue weighted by Crippen LogP contribution is 2.31. The van der Waals surface area contributed by atoms with E-state index >= 15 is 0 Å². The van der Waals surface area contributed by atoms with Gasteiger partial charge < -0.3 is 25.4 Å². The third-order valence-corrected chi connectivity index (χ3v) is 6.18. The van der Waals surface area contributed by atoms with Crippen molar-refractivity contribution in [3.05, 3.63) is 58.1 Å². The number of piperidine rings is 1. The van der Waals surface area contributed by atoms with Crippen molar-refractivity contribution < 1.29 is 14.3 Å². The van der Waals surface area contributed by atoms with Crippen LogP contribution in [0.2, 0.25) is 10.0 Å². The zero-order valence-electron chi connectivity index (χ0n) is 17.2. The maximum atomic E-state index is 12.6. The fourth-order valence-electron chi connectivity index (χ4n) is 4.04. The molecule has 2 atom stereocenters. The van der Waals surface area contributed by atoms with Crippen LogP contribution in [-0.2, 0) is 11.2 Å². The normalized spacial score (nSPS) is 20.0. The molecule has 4 rings (SSSR count). The molecule has 2 aromatic carbocycles. The molecular formula is C23H27Cl2N3O3. The standard InChI is InChI=1S/C23H27Cl2N3O3/c24-16-1-4-20(5-2-16)30-14-18(26)13-28-9-7-19(8-10-28)27-23(29)22-12-15-11-17(25)3-6-21(15)31-22/h1-6,11,18-19,22H,7-10,12-14,26H2,(H,27,29). The zero-order valence-corrected chi connectivity index (χ0v) is 18.7. The molecule has 1 fully saturated rings. The van der Waals surface area contributed by atoms with E-state index < -0.39 is 6.10 Å². The van der Waals surface area contributed by atoms with E-state index in [0.717, 1.165) is 49.5 Å². The Balaban J connectivity index is 1.16. The molecule has 0 bridgehead atoms. The molecule has 0 radical (unpaired) electrons. The van der Waals surface area contributed by atoms with Crippen molar-refractivity contribution in [1.29, 1.82) is 0 Å². The molecule has 2 aromatic rings. The second-order valence-corrected chi connectivity index (χ2v) is 9.04. The summed E-state index contributed by atoms with van der Waals surface area (Å²) in [5, 5.41) is 4.49. The Hall–Kier alpha value is -1.99. The minimum absolute atomic E-state index is 0.0566. The van der Waals surface area contributed by atoms with Gasteiger partial charge in [0.25, 0.3) is 5.91 Å². The first-order chi connectivity index (χ1) is 15.0. The van der Waals surface area contributed by atoms with Crippen LogP contribution in [-0.4, -0.2) is 55.2 Å². The number of hydrogen-bond donors (Lipinski definition) is 2. The second-order valence-electron chi connectivity index (χ2n) is 8.17. The third-order valence-electron chi connectivity index (χ3n) is 5.69. The summed E-state index contributed by atoms with van der Waals surface area (Å²) in [4.78, 5) is 15.0. The number of amides is 1. The zero-order chi connectivity index (χ0) is 21.8. The lowest BCUT2D eigenvalue weighted by molar-refractivity contribution is -0.128. The number of likely N-dealkylation sites (tertiary alicyclic amines) is 1. The van der Waals surface area contributed by atoms with Gasteiger partial charge in [-0.05, 0) is 60.9 Å². The first-order valence-electron chi connectivity index (χ1n) is 10.6. The fraction of sp³-hybridized carbons (Fsp3) is 0.435. The summed E-state index contributed by atoms with van der Waals surface area (Å²) in [6.07, 6.45) is 1.86. The minimum atomic E-state index is -0.482. The second kappa shape index (κ2) is 10.1. The molecule has 0 aliphatic carbocycles. The molecule has 3 N–H and O–H groups in total. The summed E-state index contributed by atoms with van der Waals surface area (Å²) in [5.41, 5.74) is 7.23. The molecule has 1 amide bonds. The van der Waals surface area contributed by atoms with Crippen molar-refractivity contribution in [2.75, 3.05) is 26.2 Å². The predicted molar refractivity (Wildman–Crippen MR) is 122 cm³/mol. The highest BCUT2D eigenvalue weighted by atomic mass is 35.5. The van der Waals surface area contributed by atoms with Gasteiger partial charge in [-0.3, -0.25) is 4.79 Å². The van der Waals surface area contributed by atoms with Crippen LogP contribution in [0, 0.1) is 0 Å². The number of halogens is 2. The van der Waals surface area contributed by atoms with Crippen LogP contribution < -0.4 is 20.5 Å². The smallest absolute Gasteiger partial charge is 0.261 e. The number of benzene rings is 2. The SMILES string of the molecule is NC(COc1ccc(Cl)cc1)CN1CCC(NC(=O)C2Cc3cc(Cl)ccc3O2)CC1. The molecule has 1 saturated heterocycles. The van der Waals surface area contributed by atoms with Gasteiger partial charge >= 0.3 is 0 Å². The number of nitrogens with zero attached hydrogens (tertiary/aromatic N) is 1. The predicted octanol–water partition coefficient (Wildman–Crippen LogP) is 3.28. The summed E-state index contributed by atoms with van der Waals surface area (Å²) in [5.74, 6) is 1.45. The summed E-state index contributed by atoms with van der Waals surface area (Å²) >= 11 is 11.9. The summed E-state index contributed by atoms with van der Waals surface area (Å²) in [7, 11) is 0. The highest BCUT2D eigenvalue weighted by molar-refractivity contribution is 6.30. The van der Waals surface area contributed by atoms with E-state index in [2.05, 4.69) is 10.2 Å². The Labute approximate surface area is 192 Å². The Morgan fingerprint density at radius 3 is 2.61 bits per heavy atom. The molecule has 0 spiro atoms. The van der Waals surface area contributed by atoms with Crippen molar-refractivity contribution >= 4 is 29.1 Å². The van der Waals surface area contributed by atoms with E-state index in [1.807, 2.05) is 24.3 Å². The lowest BCUT2D eigenvalue weighted by Crippen LogP contribution is -2.50. The van der Waals surface area contributed by atoms with E-state index in [1.165, 1.54) is 0 Å². The molecule has 2 unspecified atom stereocenters. The molecule has 166 valence electrons. The van der Waals surface area contributed by atoms with Gasteiger partial charge in [0.15, 0.2) is 6.10 Å². The molecule has 31 heavy (non-hydrogen) atoms. The Kier molecular flexibility index (Phi) is 7.23. The summed E-state index contributed by atoms with van der Waals surface area (Å²) in [6.45, 7) is 2.99. The van der Waals surface area contributed by atoms with Gasteiger partial charge in [-0.2, -0.15) is 0 Å². The van der Waals surface area contributed by atoms with Crippen LogP contribution in [0.4, 0.5) is 0 Å². The number of carbonyl (C=O) groups is 1. The number of nitrogens with two attached hydrogens (primary N) is 1. The van der Waals surface area contributed by atoms with Crippen molar-refractivity contribution in [2.24, 2.45) is 5.73 Å². The van der Waals surface area contributed by atoms with E-state index in [9.17, 15) is 4.79 Å². The fourth-order valence-corrected chi connectivity index (χ4v) is 4.36. The lowest BCUT2D eigenvalue weighted by atomic mass is 10.0. The Morgan fingerprint density at radius 2 is 1.87 bits per heavy atom. The Bertz CT molecular complexity index is 901. The number of rotatable bonds is 7. The van der Waals surface area contributed by atoms with Gasteiger partial charge in [0.05, 0.1) is 6.04 Å². The molecule has 2 heterocycles. The summed E-state index contributed by atoms with van der Waals surface area (Å²) in [6, 6.07) is 12.8. The molecule has 6 nitrogen and oxygen atoms in total. The van der Waals surface area contributed by atoms with Crippen LogP contribution in [0.5, 0.6) is 11.5 Å². The van der Waals surface area contributed by atoms with Gasteiger partial charge in [-0.15, -0.1) is 0 Å². The van der Waals surface area contributed by atoms with Crippen molar-refractivity contribution in [3.8, 4) is 11.5 Å². The van der Waals surface area contributed by atoms with E-state index in [1.54, 1.807) is 18.2 Å². The van der Waals surface area contributed by atoms with E-state index in [0.29, 0.717) is 23.1 Å². The highest BCUT2D eigenvalue weighted by Gasteiger charge is 2.31. The number of nitrogens with one attached hydrogen (secondary N) is 1. The van der Waals surface area contributed by atoms with Gasteiger partial charge in [0.2, 0.25) is 0 Å². The molecule has 0 aromatic heterocycles. The largest absolute Gasteiger partial charge is 0.492 e. The van der Waals surface area contributed by atoms with Crippen LogP contribution in [0.3, 0.4) is 0 Å². The van der Waals surface area contributed by atoms with Gasteiger partial charge in [-0.1, -0.05) is 23.2 Å². The monoisotopic (exact) mass is 463 g/mol. The van der Waals surface area contributed by atoms with Crippen LogP contribution in [0.15, 0.2) is 42.5 Å². The number of carbonyl (C=O) groups excluding carboxylic acids is 1. The maximum Gasteiger partial charge on any atom is 0.261 e. The Morgan fingerprint density at radius 1 is 1.16 bits per heavy atom. The van der Waals surface area contributed by atoms with Gasteiger partial charge in [0, 0.05) is 42.1 Å². The number of ether oxygens (including phenoxy) is 2. The van der Waals surface area contributed by atoms with Gasteiger partial charge in [-0.25, -0.2) is 0 Å².